The molecule has 0 radical (unpaired) electrons. The van der Waals surface area contributed by atoms with Crippen LogP contribution in [-0.2, 0) is 14.3 Å². The summed E-state index contributed by atoms with van der Waals surface area (Å²) in [5.74, 6) is -0.201. The van der Waals surface area contributed by atoms with E-state index < -0.39 is 0 Å². The van der Waals surface area contributed by atoms with E-state index in [1.165, 1.54) is 0 Å². The second kappa shape index (κ2) is 4.25. The van der Waals surface area contributed by atoms with E-state index in [4.69, 9.17) is 4.74 Å². The zero-order chi connectivity index (χ0) is 9.84. The zero-order valence-corrected chi connectivity index (χ0v) is 8.00. The van der Waals surface area contributed by atoms with Crippen LogP contribution in [0.1, 0.15) is 19.8 Å². The fourth-order valence-corrected chi connectivity index (χ4v) is 1.65. The van der Waals surface area contributed by atoms with E-state index >= 15 is 0 Å². The number of carbonyl (C=O) groups excluding carboxylic acids is 2. The lowest BCUT2D eigenvalue weighted by Gasteiger charge is -2.11. The lowest BCUT2D eigenvalue weighted by atomic mass is 9.90. The molecule has 0 aliphatic carbocycles. The molecule has 0 aromatic carbocycles. The third-order valence-electron chi connectivity index (χ3n) is 2.48. The van der Waals surface area contributed by atoms with E-state index in [1.807, 2.05) is 6.92 Å². The molecule has 0 spiro atoms. The number of amides is 1. The van der Waals surface area contributed by atoms with Gasteiger partial charge in [0.2, 0.25) is 5.91 Å². The standard InChI is InChI=1S/C9H15NO3/c1-3-7-6(4-8(11)10-2)5-13-9(7)12/h6-7H,3-5H2,1-2H3,(H,10,11)/t6-,7-/m0/s1. The molecule has 1 aliphatic rings. The van der Waals surface area contributed by atoms with Gasteiger partial charge in [-0.3, -0.25) is 9.59 Å². The topological polar surface area (TPSA) is 55.4 Å². The third kappa shape index (κ3) is 2.20. The Kier molecular flexibility index (Phi) is 3.28. The number of hydrogen-bond donors (Lipinski definition) is 1. The Morgan fingerprint density at radius 1 is 1.69 bits per heavy atom. The smallest absolute Gasteiger partial charge is 0.309 e. The first-order valence-electron chi connectivity index (χ1n) is 4.56. The maximum absolute atomic E-state index is 11.1. The molecule has 1 amide bonds. The SMILES string of the molecule is CC[C@@H]1C(=O)OC[C@@H]1CC(=O)NC. The first kappa shape index (κ1) is 10.0. The number of rotatable bonds is 3. The largest absolute Gasteiger partial charge is 0.465 e. The lowest BCUT2D eigenvalue weighted by Crippen LogP contribution is -2.25. The summed E-state index contributed by atoms with van der Waals surface area (Å²) in [4.78, 5) is 22.2. The summed E-state index contributed by atoms with van der Waals surface area (Å²) in [7, 11) is 1.60. The molecule has 1 fully saturated rings. The van der Waals surface area contributed by atoms with Crippen LogP contribution in [0.5, 0.6) is 0 Å². The van der Waals surface area contributed by atoms with Gasteiger partial charge in [0.1, 0.15) is 0 Å². The Morgan fingerprint density at radius 2 is 2.38 bits per heavy atom. The van der Waals surface area contributed by atoms with E-state index in [2.05, 4.69) is 5.32 Å². The Hall–Kier alpha value is -1.06. The monoisotopic (exact) mass is 185 g/mol. The van der Waals surface area contributed by atoms with Crippen molar-refractivity contribution >= 4 is 11.9 Å². The van der Waals surface area contributed by atoms with Crippen LogP contribution in [0.4, 0.5) is 0 Å². The molecule has 13 heavy (non-hydrogen) atoms. The molecule has 1 aliphatic heterocycles. The molecule has 4 heteroatoms. The molecule has 1 rings (SSSR count). The summed E-state index contributed by atoms with van der Waals surface area (Å²) < 4.78 is 4.90. The number of esters is 1. The second-order valence-corrected chi connectivity index (χ2v) is 3.28. The van der Waals surface area contributed by atoms with Gasteiger partial charge in [-0.15, -0.1) is 0 Å². The van der Waals surface area contributed by atoms with E-state index in [0.29, 0.717) is 13.0 Å². The molecule has 0 bridgehead atoms. The van der Waals surface area contributed by atoms with Crippen LogP contribution in [0.3, 0.4) is 0 Å². The highest BCUT2D eigenvalue weighted by Gasteiger charge is 2.36. The molecule has 2 atom stereocenters. The van der Waals surface area contributed by atoms with Crippen LogP contribution in [0, 0.1) is 11.8 Å². The van der Waals surface area contributed by atoms with Crippen LogP contribution in [0.25, 0.3) is 0 Å². The van der Waals surface area contributed by atoms with Gasteiger partial charge in [0.05, 0.1) is 12.5 Å². The van der Waals surface area contributed by atoms with Crippen molar-refractivity contribution in [2.75, 3.05) is 13.7 Å². The van der Waals surface area contributed by atoms with Gasteiger partial charge < -0.3 is 10.1 Å². The summed E-state index contributed by atoms with van der Waals surface area (Å²) in [6.45, 7) is 2.33. The Balaban J connectivity index is 2.50. The van der Waals surface area contributed by atoms with E-state index in [-0.39, 0.29) is 23.7 Å². The molecule has 74 valence electrons. The van der Waals surface area contributed by atoms with Crippen molar-refractivity contribution in [3.05, 3.63) is 0 Å². The second-order valence-electron chi connectivity index (χ2n) is 3.28. The maximum Gasteiger partial charge on any atom is 0.309 e. The molecule has 4 nitrogen and oxygen atoms in total. The molecule has 1 saturated heterocycles. The van der Waals surface area contributed by atoms with Gasteiger partial charge in [-0.1, -0.05) is 6.92 Å². The predicted molar refractivity (Wildman–Crippen MR) is 46.9 cm³/mol. The van der Waals surface area contributed by atoms with Crippen molar-refractivity contribution in [1.82, 2.24) is 5.32 Å². The average molecular weight is 185 g/mol. The normalized spacial score (nSPS) is 27.1. The Bertz CT molecular complexity index is 215. The number of ether oxygens (including phenoxy) is 1. The van der Waals surface area contributed by atoms with Crippen molar-refractivity contribution in [3.63, 3.8) is 0 Å². The van der Waals surface area contributed by atoms with Gasteiger partial charge in [-0.05, 0) is 6.42 Å². The predicted octanol–water partition coefficient (Wildman–Crippen LogP) is 0.322. The van der Waals surface area contributed by atoms with Crippen LogP contribution in [-0.4, -0.2) is 25.5 Å². The minimum Gasteiger partial charge on any atom is -0.465 e. The van der Waals surface area contributed by atoms with Gasteiger partial charge in [0.25, 0.3) is 0 Å². The molecular formula is C9H15NO3. The van der Waals surface area contributed by atoms with Crippen LogP contribution >= 0.6 is 0 Å². The molecule has 0 aromatic heterocycles. The van der Waals surface area contributed by atoms with Crippen molar-refractivity contribution in [3.8, 4) is 0 Å². The zero-order valence-electron chi connectivity index (χ0n) is 8.00. The Labute approximate surface area is 77.6 Å². The molecular weight excluding hydrogens is 170 g/mol. The molecule has 0 saturated carbocycles. The summed E-state index contributed by atoms with van der Waals surface area (Å²) in [6.07, 6.45) is 1.14. The minimum atomic E-state index is -0.156. The van der Waals surface area contributed by atoms with Crippen molar-refractivity contribution in [2.24, 2.45) is 11.8 Å². The minimum absolute atomic E-state index is 0.0262. The van der Waals surface area contributed by atoms with Gasteiger partial charge in [-0.2, -0.15) is 0 Å². The molecule has 1 N–H and O–H groups in total. The van der Waals surface area contributed by atoms with Gasteiger partial charge in [0, 0.05) is 19.4 Å². The highest BCUT2D eigenvalue weighted by Crippen LogP contribution is 2.27. The number of hydrogen-bond acceptors (Lipinski definition) is 3. The average Bonchev–Trinajstić information content (AvgIpc) is 2.46. The van der Waals surface area contributed by atoms with Gasteiger partial charge in [-0.25, -0.2) is 0 Å². The van der Waals surface area contributed by atoms with Crippen molar-refractivity contribution < 1.29 is 14.3 Å². The van der Waals surface area contributed by atoms with Crippen LogP contribution in [0.2, 0.25) is 0 Å². The fourth-order valence-electron chi connectivity index (χ4n) is 1.65. The van der Waals surface area contributed by atoms with Crippen LogP contribution in [0.15, 0.2) is 0 Å². The van der Waals surface area contributed by atoms with Gasteiger partial charge >= 0.3 is 5.97 Å². The first-order valence-corrected chi connectivity index (χ1v) is 4.56. The summed E-state index contributed by atoms with van der Waals surface area (Å²) in [6, 6.07) is 0. The summed E-state index contributed by atoms with van der Waals surface area (Å²) in [5.41, 5.74) is 0. The highest BCUT2D eigenvalue weighted by molar-refractivity contribution is 5.79. The maximum atomic E-state index is 11.1. The third-order valence-corrected chi connectivity index (χ3v) is 2.48. The Morgan fingerprint density at radius 3 is 2.92 bits per heavy atom. The van der Waals surface area contributed by atoms with E-state index in [9.17, 15) is 9.59 Å². The van der Waals surface area contributed by atoms with Crippen LogP contribution < -0.4 is 5.32 Å². The fraction of sp³-hybridized carbons (Fsp3) is 0.778. The van der Waals surface area contributed by atoms with Crippen molar-refractivity contribution in [1.29, 1.82) is 0 Å². The van der Waals surface area contributed by atoms with Crippen molar-refractivity contribution in [2.45, 2.75) is 19.8 Å². The molecule has 0 aromatic rings. The highest BCUT2D eigenvalue weighted by atomic mass is 16.5. The molecule has 0 unspecified atom stereocenters. The van der Waals surface area contributed by atoms with Gasteiger partial charge in [0.15, 0.2) is 0 Å². The molecule has 1 heterocycles. The number of nitrogens with one attached hydrogen (secondary N) is 1. The number of carbonyl (C=O) groups is 2. The lowest BCUT2D eigenvalue weighted by molar-refractivity contribution is -0.141. The summed E-state index contributed by atoms with van der Waals surface area (Å²) in [5, 5.41) is 2.55. The summed E-state index contributed by atoms with van der Waals surface area (Å²) >= 11 is 0. The van der Waals surface area contributed by atoms with E-state index in [1.54, 1.807) is 7.05 Å². The first-order chi connectivity index (χ1) is 6.19. The number of cyclic esters (lactones) is 1. The van der Waals surface area contributed by atoms with E-state index in [0.717, 1.165) is 6.42 Å². The quantitative estimate of drug-likeness (QED) is 0.644.